The van der Waals surface area contributed by atoms with Crippen molar-refractivity contribution in [2.24, 2.45) is 0 Å². The molecule has 29 heavy (non-hydrogen) atoms. The zero-order chi connectivity index (χ0) is 20.2. The van der Waals surface area contributed by atoms with Gasteiger partial charge in [0.1, 0.15) is 23.6 Å². The van der Waals surface area contributed by atoms with Gasteiger partial charge in [0.05, 0.1) is 5.52 Å². The first-order valence-corrected chi connectivity index (χ1v) is 8.91. The summed E-state index contributed by atoms with van der Waals surface area (Å²) in [5.41, 5.74) is 3.79. The fourth-order valence-electron chi connectivity index (χ4n) is 2.99. The third-order valence-electron chi connectivity index (χ3n) is 4.52. The standard InChI is InChI=1S/C22H18N4O3/c1-26(21-19-4-2-3-5-20(19)23-14-24-21)16-8-12-18(13-9-16)29-17-10-6-15(7-11-17)22(27)25-28/h2-14,28H,1H3,(H,25,27). The average Bonchev–Trinajstić information content (AvgIpc) is 2.78. The molecular weight excluding hydrogens is 368 g/mol. The molecule has 4 aromatic rings. The monoisotopic (exact) mass is 386 g/mol. The molecule has 4 rings (SSSR count). The van der Waals surface area contributed by atoms with Crippen molar-refractivity contribution in [2.45, 2.75) is 0 Å². The van der Waals surface area contributed by atoms with E-state index in [1.807, 2.05) is 60.5 Å². The van der Waals surface area contributed by atoms with Crippen LogP contribution in [0.25, 0.3) is 10.9 Å². The van der Waals surface area contributed by atoms with E-state index >= 15 is 0 Å². The van der Waals surface area contributed by atoms with E-state index in [1.165, 1.54) is 0 Å². The molecule has 0 fully saturated rings. The number of rotatable bonds is 5. The summed E-state index contributed by atoms with van der Waals surface area (Å²) in [6.07, 6.45) is 1.56. The van der Waals surface area contributed by atoms with Crippen molar-refractivity contribution in [2.75, 3.05) is 11.9 Å². The zero-order valence-electron chi connectivity index (χ0n) is 15.6. The van der Waals surface area contributed by atoms with Crippen LogP contribution in [0, 0.1) is 0 Å². The van der Waals surface area contributed by atoms with Gasteiger partial charge in [0.2, 0.25) is 0 Å². The van der Waals surface area contributed by atoms with Crippen LogP contribution in [0.3, 0.4) is 0 Å². The van der Waals surface area contributed by atoms with Gasteiger partial charge in [-0.1, -0.05) is 12.1 Å². The number of carbonyl (C=O) groups is 1. The first-order chi connectivity index (χ1) is 14.2. The van der Waals surface area contributed by atoms with E-state index in [-0.39, 0.29) is 0 Å². The van der Waals surface area contributed by atoms with Gasteiger partial charge >= 0.3 is 0 Å². The van der Waals surface area contributed by atoms with E-state index in [1.54, 1.807) is 36.1 Å². The van der Waals surface area contributed by atoms with Gasteiger partial charge in [-0.15, -0.1) is 0 Å². The van der Waals surface area contributed by atoms with Crippen molar-refractivity contribution in [3.63, 3.8) is 0 Å². The van der Waals surface area contributed by atoms with Gasteiger partial charge < -0.3 is 9.64 Å². The Morgan fingerprint density at radius 3 is 2.28 bits per heavy atom. The topological polar surface area (TPSA) is 87.6 Å². The molecule has 7 heteroatoms. The molecule has 0 radical (unpaired) electrons. The molecule has 0 aliphatic rings. The van der Waals surface area contributed by atoms with Crippen LogP contribution in [-0.4, -0.2) is 28.1 Å². The lowest BCUT2D eigenvalue weighted by Gasteiger charge is -2.20. The Hall–Kier alpha value is -3.97. The van der Waals surface area contributed by atoms with Crippen molar-refractivity contribution in [1.29, 1.82) is 0 Å². The van der Waals surface area contributed by atoms with Crippen LogP contribution < -0.4 is 15.1 Å². The number of fused-ring (bicyclic) bond motifs is 1. The van der Waals surface area contributed by atoms with Crippen LogP contribution in [0.15, 0.2) is 79.1 Å². The van der Waals surface area contributed by atoms with Crippen LogP contribution in [0.4, 0.5) is 11.5 Å². The number of hydrogen-bond donors (Lipinski definition) is 2. The largest absolute Gasteiger partial charge is 0.457 e. The number of anilines is 2. The number of hydroxylamine groups is 1. The number of ether oxygens (including phenoxy) is 1. The summed E-state index contributed by atoms with van der Waals surface area (Å²) < 4.78 is 5.82. The molecule has 0 aliphatic carbocycles. The third-order valence-corrected chi connectivity index (χ3v) is 4.52. The highest BCUT2D eigenvalue weighted by atomic mass is 16.5. The minimum Gasteiger partial charge on any atom is -0.457 e. The number of benzene rings is 3. The maximum absolute atomic E-state index is 11.4. The lowest BCUT2D eigenvalue weighted by atomic mass is 10.2. The molecule has 0 saturated carbocycles. The Balaban J connectivity index is 1.52. The average molecular weight is 386 g/mol. The molecule has 2 N–H and O–H groups in total. The van der Waals surface area contributed by atoms with Crippen LogP contribution in [0.5, 0.6) is 11.5 Å². The molecule has 0 spiro atoms. The molecule has 1 heterocycles. The van der Waals surface area contributed by atoms with Crippen molar-refractivity contribution in [3.05, 3.63) is 84.7 Å². The first kappa shape index (κ1) is 18.4. The SMILES string of the molecule is CN(c1ccc(Oc2ccc(C(=O)NO)cc2)cc1)c1ncnc2ccccc12. The van der Waals surface area contributed by atoms with Crippen molar-refractivity contribution < 1.29 is 14.7 Å². The zero-order valence-corrected chi connectivity index (χ0v) is 15.6. The molecule has 0 bridgehead atoms. The number of para-hydroxylation sites is 1. The molecule has 3 aromatic carbocycles. The summed E-state index contributed by atoms with van der Waals surface area (Å²) in [7, 11) is 1.95. The van der Waals surface area contributed by atoms with Crippen LogP contribution in [-0.2, 0) is 0 Å². The molecule has 0 aliphatic heterocycles. The normalized spacial score (nSPS) is 10.6. The quantitative estimate of drug-likeness (QED) is 0.393. The second-order valence-electron chi connectivity index (χ2n) is 6.33. The molecule has 1 aromatic heterocycles. The Morgan fingerprint density at radius 1 is 0.931 bits per heavy atom. The predicted octanol–water partition coefficient (Wildman–Crippen LogP) is 4.31. The molecule has 0 atom stereocenters. The second kappa shape index (κ2) is 7.95. The van der Waals surface area contributed by atoms with Crippen molar-refractivity contribution in [1.82, 2.24) is 15.4 Å². The van der Waals surface area contributed by atoms with Gasteiger partial charge in [-0.2, -0.15) is 0 Å². The number of aromatic nitrogens is 2. The summed E-state index contributed by atoms with van der Waals surface area (Å²) in [5, 5.41) is 9.64. The molecular formula is C22H18N4O3. The predicted molar refractivity (Wildman–Crippen MR) is 110 cm³/mol. The Kier molecular flexibility index (Phi) is 5.05. The highest BCUT2D eigenvalue weighted by Crippen LogP contribution is 2.30. The highest BCUT2D eigenvalue weighted by molar-refractivity contribution is 5.93. The van der Waals surface area contributed by atoms with Gasteiger partial charge in [-0.3, -0.25) is 10.0 Å². The molecule has 7 nitrogen and oxygen atoms in total. The summed E-state index contributed by atoms with van der Waals surface area (Å²) in [4.78, 5) is 22.1. The number of hydrogen-bond acceptors (Lipinski definition) is 6. The van der Waals surface area contributed by atoms with E-state index < -0.39 is 5.91 Å². The second-order valence-corrected chi connectivity index (χ2v) is 6.33. The van der Waals surface area contributed by atoms with Gasteiger partial charge in [-0.25, -0.2) is 15.4 Å². The first-order valence-electron chi connectivity index (χ1n) is 8.91. The Morgan fingerprint density at radius 2 is 1.59 bits per heavy atom. The van der Waals surface area contributed by atoms with Gasteiger partial charge in [0, 0.05) is 23.7 Å². The van der Waals surface area contributed by atoms with Crippen molar-refractivity contribution >= 4 is 28.3 Å². The molecule has 0 saturated heterocycles. The minimum atomic E-state index is -0.568. The maximum atomic E-state index is 11.4. The fourth-order valence-corrected chi connectivity index (χ4v) is 2.99. The third kappa shape index (κ3) is 3.85. The summed E-state index contributed by atoms with van der Waals surface area (Å²) in [5.74, 6) is 1.50. The van der Waals surface area contributed by atoms with Gasteiger partial charge in [-0.05, 0) is 60.7 Å². The summed E-state index contributed by atoms with van der Waals surface area (Å²) in [6, 6.07) is 22.0. The lowest BCUT2D eigenvalue weighted by Crippen LogP contribution is -2.18. The lowest BCUT2D eigenvalue weighted by molar-refractivity contribution is 0.0706. The van der Waals surface area contributed by atoms with Gasteiger partial charge in [0.15, 0.2) is 0 Å². The van der Waals surface area contributed by atoms with E-state index in [0.717, 1.165) is 22.4 Å². The fraction of sp³-hybridized carbons (Fsp3) is 0.0455. The molecule has 1 amide bonds. The summed E-state index contributed by atoms with van der Waals surface area (Å²) in [6.45, 7) is 0. The van der Waals surface area contributed by atoms with E-state index in [9.17, 15) is 4.79 Å². The Labute approximate surface area is 167 Å². The maximum Gasteiger partial charge on any atom is 0.274 e. The summed E-state index contributed by atoms with van der Waals surface area (Å²) >= 11 is 0. The van der Waals surface area contributed by atoms with Gasteiger partial charge in [0.25, 0.3) is 5.91 Å². The molecule has 0 unspecified atom stereocenters. The highest BCUT2D eigenvalue weighted by Gasteiger charge is 2.10. The smallest absolute Gasteiger partial charge is 0.274 e. The van der Waals surface area contributed by atoms with E-state index in [0.29, 0.717) is 17.1 Å². The number of nitrogens with zero attached hydrogens (tertiary/aromatic N) is 3. The number of nitrogens with one attached hydrogen (secondary N) is 1. The Bertz CT molecular complexity index is 1140. The van der Waals surface area contributed by atoms with E-state index in [4.69, 9.17) is 9.94 Å². The molecule has 144 valence electrons. The van der Waals surface area contributed by atoms with E-state index in [2.05, 4.69) is 9.97 Å². The number of carbonyl (C=O) groups excluding carboxylic acids is 1. The van der Waals surface area contributed by atoms with Crippen molar-refractivity contribution in [3.8, 4) is 11.5 Å². The van der Waals surface area contributed by atoms with Crippen LogP contribution in [0.2, 0.25) is 0 Å². The number of amides is 1. The van der Waals surface area contributed by atoms with Crippen LogP contribution >= 0.6 is 0 Å². The van der Waals surface area contributed by atoms with Crippen LogP contribution in [0.1, 0.15) is 10.4 Å². The minimum absolute atomic E-state index is 0.342.